The summed E-state index contributed by atoms with van der Waals surface area (Å²) in [6.07, 6.45) is 2.64. The first-order valence-electron chi connectivity index (χ1n) is 6.65. The van der Waals surface area contributed by atoms with Crippen molar-refractivity contribution in [2.24, 2.45) is 0 Å². The minimum absolute atomic E-state index is 0.615. The summed E-state index contributed by atoms with van der Waals surface area (Å²) in [5.41, 5.74) is 1.04. The molecule has 0 saturated carbocycles. The van der Waals surface area contributed by atoms with Crippen molar-refractivity contribution in [3.8, 4) is 0 Å². The third kappa shape index (κ3) is 5.85. The van der Waals surface area contributed by atoms with E-state index in [0.29, 0.717) is 19.8 Å². The first kappa shape index (κ1) is 15.7. The lowest BCUT2D eigenvalue weighted by Gasteiger charge is -2.12. The van der Waals surface area contributed by atoms with Crippen LogP contribution in [0.4, 0.5) is 11.6 Å². The van der Waals surface area contributed by atoms with Crippen LogP contribution in [0.25, 0.3) is 0 Å². The van der Waals surface area contributed by atoms with Crippen LogP contribution in [0.5, 0.6) is 0 Å². The van der Waals surface area contributed by atoms with Crippen molar-refractivity contribution in [1.82, 2.24) is 9.97 Å². The minimum Gasteiger partial charge on any atom is -0.382 e. The van der Waals surface area contributed by atoms with Crippen LogP contribution in [0.2, 0.25) is 0 Å². The summed E-state index contributed by atoms with van der Waals surface area (Å²) in [5, 5.41) is 6.53. The van der Waals surface area contributed by atoms with Gasteiger partial charge in [-0.2, -0.15) is 0 Å². The fourth-order valence-corrected chi connectivity index (χ4v) is 1.54. The van der Waals surface area contributed by atoms with E-state index in [1.165, 1.54) is 0 Å². The Morgan fingerprint density at radius 2 is 1.74 bits per heavy atom. The molecule has 0 atom stereocenters. The molecule has 1 rings (SSSR count). The Balaban J connectivity index is 2.36. The maximum atomic E-state index is 5.38. The van der Waals surface area contributed by atoms with Crippen molar-refractivity contribution in [2.75, 3.05) is 50.7 Å². The van der Waals surface area contributed by atoms with Crippen LogP contribution < -0.4 is 10.6 Å². The molecule has 0 spiro atoms. The fraction of sp³-hybridized carbons (Fsp3) is 0.692. The van der Waals surface area contributed by atoms with E-state index >= 15 is 0 Å². The van der Waals surface area contributed by atoms with Gasteiger partial charge in [0.15, 0.2) is 0 Å². The lowest BCUT2D eigenvalue weighted by molar-refractivity contribution is 0.0759. The molecule has 0 unspecified atom stereocenters. The smallest absolute Gasteiger partial charge is 0.134 e. The number of methoxy groups -OCH3 is 1. The maximum Gasteiger partial charge on any atom is 0.134 e. The molecule has 1 aromatic rings. The Kier molecular flexibility index (Phi) is 7.84. The van der Waals surface area contributed by atoms with E-state index in [0.717, 1.165) is 36.7 Å². The van der Waals surface area contributed by atoms with Gasteiger partial charge in [-0.3, -0.25) is 0 Å². The molecule has 0 fully saturated rings. The molecule has 0 aliphatic rings. The van der Waals surface area contributed by atoms with Gasteiger partial charge in [-0.15, -0.1) is 0 Å². The highest BCUT2D eigenvalue weighted by Crippen LogP contribution is 2.17. The van der Waals surface area contributed by atoms with Gasteiger partial charge >= 0.3 is 0 Å². The quantitative estimate of drug-likeness (QED) is 0.629. The van der Waals surface area contributed by atoms with Crippen molar-refractivity contribution >= 4 is 11.6 Å². The van der Waals surface area contributed by atoms with Gasteiger partial charge in [-0.25, -0.2) is 9.97 Å². The first-order chi connectivity index (χ1) is 9.29. The molecule has 0 bridgehead atoms. The molecule has 2 N–H and O–H groups in total. The number of nitrogens with one attached hydrogen (secondary N) is 2. The molecule has 0 saturated heterocycles. The molecule has 1 aromatic heterocycles. The van der Waals surface area contributed by atoms with Crippen LogP contribution in [0.15, 0.2) is 6.33 Å². The number of hydrogen-bond donors (Lipinski definition) is 2. The van der Waals surface area contributed by atoms with E-state index in [-0.39, 0.29) is 0 Å². The minimum atomic E-state index is 0.615. The number of ether oxygens (including phenoxy) is 2. The molecule has 6 nitrogen and oxygen atoms in total. The Morgan fingerprint density at radius 1 is 1.05 bits per heavy atom. The molecule has 108 valence electrons. The van der Waals surface area contributed by atoms with Gasteiger partial charge in [0.2, 0.25) is 0 Å². The largest absolute Gasteiger partial charge is 0.382 e. The average molecular weight is 268 g/mol. The lowest BCUT2D eigenvalue weighted by Crippen LogP contribution is -2.14. The van der Waals surface area contributed by atoms with Crippen molar-refractivity contribution in [2.45, 2.75) is 20.3 Å². The molecule has 1 heterocycles. The van der Waals surface area contributed by atoms with E-state index < -0.39 is 0 Å². The molecule has 0 amide bonds. The number of rotatable bonds is 10. The van der Waals surface area contributed by atoms with Crippen molar-refractivity contribution in [3.05, 3.63) is 11.9 Å². The first-order valence-corrected chi connectivity index (χ1v) is 6.65. The molecule has 0 aliphatic carbocycles. The van der Waals surface area contributed by atoms with Gasteiger partial charge in [0.05, 0.1) is 19.8 Å². The highest BCUT2D eigenvalue weighted by Gasteiger charge is 2.05. The van der Waals surface area contributed by atoms with Crippen molar-refractivity contribution in [3.63, 3.8) is 0 Å². The summed E-state index contributed by atoms with van der Waals surface area (Å²) in [4.78, 5) is 8.47. The SMILES string of the molecule is CCCNc1ncnc(NCCOCCOC)c1C. The molecular weight excluding hydrogens is 244 g/mol. The average Bonchev–Trinajstić information content (AvgIpc) is 2.43. The fourth-order valence-electron chi connectivity index (χ4n) is 1.54. The van der Waals surface area contributed by atoms with Crippen LogP contribution in [0.3, 0.4) is 0 Å². The summed E-state index contributed by atoms with van der Waals surface area (Å²) in [5.74, 6) is 1.74. The topological polar surface area (TPSA) is 68.3 Å². The predicted molar refractivity (Wildman–Crippen MR) is 76.7 cm³/mol. The molecule has 0 aliphatic heterocycles. The summed E-state index contributed by atoms with van der Waals surface area (Å²) in [6, 6.07) is 0. The van der Waals surface area contributed by atoms with Crippen molar-refractivity contribution < 1.29 is 9.47 Å². The van der Waals surface area contributed by atoms with E-state index in [2.05, 4.69) is 27.5 Å². The van der Waals surface area contributed by atoms with Gasteiger partial charge < -0.3 is 20.1 Å². The summed E-state index contributed by atoms with van der Waals surface area (Å²) >= 11 is 0. The van der Waals surface area contributed by atoms with E-state index in [4.69, 9.17) is 9.47 Å². The second-order valence-electron chi connectivity index (χ2n) is 4.15. The highest BCUT2D eigenvalue weighted by molar-refractivity contribution is 5.56. The Labute approximate surface area is 114 Å². The lowest BCUT2D eigenvalue weighted by atomic mass is 10.3. The third-order valence-corrected chi connectivity index (χ3v) is 2.60. The predicted octanol–water partition coefficient (Wildman–Crippen LogP) is 1.68. The molecule has 19 heavy (non-hydrogen) atoms. The van der Waals surface area contributed by atoms with Gasteiger partial charge in [0.25, 0.3) is 0 Å². The van der Waals surface area contributed by atoms with Gasteiger partial charge in [0, 0.05) is 25.8 Å². The number of hydrogen-bond acceptors (Lipinski definition) is 6. The second kappa shape index (κ2) is 9.52. The van der Waals surface area contributed by atoms with Crippen LogP contribution in [-0.4, -0.2) is 50.0 Å². The second-order valence-corrected chi connectivity index (χ2v) is 4.15. The van der Waals surface area contributed by atoms with Gasteiger partial charge in [0.1, 0.15) is 18.0 Å². The van der Waals surface area contributed by atoms with Gasteiger partial charge in [-0.1, -0.05) is 6.92 Å². The summed E-state index contributed by atoms with van der Waals surface area (Å²) in [6.45, 7) is 7.63. The number of nitrogens with zero attached hydrogens (tertiary/aromatic N) is 2. The summed E-state index contributed by atoms with van der Waals surface area (Å²) in [7, 11) is 1.66. The standard InChI is InChI=1S/C13H24N4O2/c1-4-5-14-12-11(2)13(17-10-16-12)15-6-7-19-9-8-18-3/h10H,4-9H2,1-3H3,(H2,14,15,16,17). The molecule has 0 radical (unpaired) electrons. The van der Waals surface area contributed by atoms with E-state index in [1.54, 1.807) is 13.4 Å². The Morgan fingerprint density at radius 3 is 2.37 bits per heavy atom. The molecular formula is C13H24N4O2. The van der Waals surface area contributed by atoms with E-state index in [1.807, 2.05) is 6.92 Å². The Bertz CT molecular complexity index is 360. The van der Waals surface area contributed by atoms with E-state index in [9.17, 15) is 0 Å². The molecule has 0 aromatic carbocycles. The molecule has 6 heteroatoms. The van der Waals surface area contributed by atoms with Gasteiger partial charge in [-0.05, 0) is 13.3 Å². The van der Waals surface area contributed by atoms with Crippen LogP contribution in [0, 0.1) is 6.92 Å². The maximum absolute atomic E-state index is 5.38. The normalized spacial score (nSPS) is 10.5. The zero-order valence-corrected chi connectivity index (χ0v) is 12.0. The van der Waals surface area contributed by atoms with Crippen molar-refractivity contribution in [1.29, 1.82) is 0 Å². The zero-order valence-electron chi connectivity index (χ0n) is 12.0. The number of aromatic nitrogens is 2. The monoisotopic (exact) mass is 268 g/mol. The van der Waals surface area contributed by atoms with Crippen LogP contribution in [0.1, 0.15) is 18.9 Å². The number of anilines is 2. The van der Waals surface area contributed by atoms with Crippen LogP contribution >= 0.6 is 0 Å². The zero-order chi connectivity index (χ0) is 13.9. The summed E-state index contributed by atoms with van der Waals surface area (Å²) < 4.78 is 10.3. The highest BCUT2D eigenvalue weighted by atomic mass is 16.5. The Hall–Kier alpha value is -1.40. The third-order valence-electron chi connectivity index (χ3n) is 2.60. The van der Waals surface area contributed by atoms with Crippen LogP contribution in [-0.2, 0) is 9.47 Å².